The summed E-state index contributed by atoms with van der Waals surface area (Å²) in [6.07, 6.45) is -5.06. The van der Waals surface area contributed by atoms with Crippen molar-refractivity contribution in [3.05, 3.63) is 108 Å². The minimum Gasteiger partial charge on any atom is -0.454 e. The van der Waals surface area contributed by atoms with Crippen LogP contribution in [0.4, 0.5) is 0 Å². The number of benzene rings is 3. The molecule has 0 aromatic heterocycles. The molecule has 0 N–H and O–H groups in total. The van der Waals surface area contributed by atoms with Crippen LogP contribution >= 0.6 is 0 Å². The Morgan fingerprint density at radius 3 is 1.78 bits per heavy atom. The lowest BCUT2D eigenvalue weighted by Crippen LogP contribution is -2.43. The van der Waals surface area contributed by atoms with Gasteiger partial charge in [-0.3, -0.25) is 4.79 Å². The highest BCUT2D eigenvalue weighted by Gasteiger charge is 2.56. The first-order valence-electron chi connectivity index (χ1n) is 15.7. The number of ether oxygens (including phenoxy) is 9. The van der Waals surface area contributed by atoms with E-state index in [2.05, 4.69) is 0 Å². The first-order chi connectivity index (χ1) is 22.3. The maximum Gasteiger partial charge on any atom is 0.303 e. The van der Waals surface area contributed by atoms with Gasteiger partial charge in [-0.05, 0) is 30.5 Å². The van der Waals surface area contributed by atoms with E-state index >= 15 is 0 Å². The third kappa shape index (κ3) is 8.39. The minimum absolute atomic E-state index is 0.0744. The minimum atomic E-state index is -0.938. The van der Waals surface area contributed by atoms with Crippen molar-refractivity contribution < 1.29 is 47.4 Å². The Labute approximate surface area is 269 Å². The van der Waals surface area contributed by atoms with Crippen LogP contribution in [0.5, 0.6) is 0 Å². The number of hydrogen-bond donors (Lipinski definition) is 0. The lowest BCUT2D eigenvalue weighted by molar-refractivity contribution is -0.240. The van der Waals surface area contributed by atoms with Crippen LogP contribution in [-0.2, 0) is 67.2 Å². The molecule has 3 heterocycles. The summed E-state index contributed by atoms with van der Waals surface area (Å²) in [5, 5.41) is 0. The van der Waals surface area contributed by atoms with Crippen LogP contribution in [0.15, 0.2) is 91.0 Å². The van der Waals surface area contributed by atoms with E-state index in [1.165, 1.54) is 6.92 Å². The third-order valence-electron chi connectivity index (χ3n) is 8.05. The van der Waals surface area contributed by atoms with Crippen molar-refractivity contribution in [2.24, 2.45) is 0 Å². The van der Waals surface area contributed by atoms with Gasteiger partial charge in [0.1, 0.15) is 30.5 Å². The van der Waals surface area contributed by atoms with E-state index in [0.29, 0.717) is 19.8 Å². The highest BCUT2D eigenvalue weighted by atomic mass is 16.8. The maximum absolute atomic E-state index is 12.3. The van der Waals surface area contributed by atoms with Crippen LogP contribution in [0.3, 0.4) is 0 Å². The van der Waals surface area contributed by atoms with Crippen LogP contribution in [-0.4, -0.2) is 74.2 Å². The summed E-state index contributed by atoms with van der Waals surface area (Å²) in [6, 6.07) is 29.6. The zero-order valence-electron chi connectivity index (χ0n) is 26.4. The van der Waals surface area contributed by atoms with E-state index in [1.807, 2.05) is 105 Å². The van der Waals surface area contributed by atoms with Crippen LogP contribution in [0.2, 0.25) is 0 Å². The molecule has 3 aromatic carbocycles. The molecule has 3 aliphatic heterocycles. The van der Waals surface area contributed by atoms with E-state index in [0.717, 1.165) is 16.7 Å². The van der Waals surface area contributed by atoms with Gasteiger partial charge in [0.15, 0.2) is 24.5 Å². The molecule has 10 heteroatoms. The van der Waals surface area contributed by atoms with Crippen LogP contribution in [0.1, 0.15) is 37.5 Å². The molecule has 0 amide bonds. The number of fused-ring (bicyclic) bond motifs is 1. The summed E-state index contributed by atoms with van der Waals surface area (Å²) in [5.41, 5.74) is 3.03. The molecule has 3 fully saturated rings. The molecular weight excluding hydrogens is 592 g/mol. The van der Waals surface area contributed by atoms with Gasteiger partial charge < -0.3 is 42.6 Å². The largest absolute Gasteiger partial charge is 0.454 e. The number of hydrogen-bond acceptors (Lipinski definition) is 10. The van der Waals surface area contributed by atoms with Crippen molar-refractivity contribution in [1.82, 2.24) is 0 Å². The van der Waals surface area contributed by atoms with E-state index in [-0.39, 0.29) is 13.2 Å². The van der Waals surface area contributed by atoms with Gasteiger partial charge in [0, 0.05) is 6.92 Å². The van der Waals surface area contributed by atoms with Gasteiger partial charge in [-0.1, -0.05) is 91.0 Å². The molecule has 3 aliphatic rings. The molecule has 0 aliphatic carbocycles. The topological polar surface area (TPSA) is 100 Å². The molecule has 6 rings (SSSR count). The summed E-state index contributed by atoms with van der Waals surface area (Å²) >= 11 is 0. The van der Waals surface area contributed by atoms with Crippen molar-refractivity contribution in [2.45, 2.75) is 95.6 Å². The summed E-state index contributed by atoms with van der Waals surface area (Å²) in [4.78, 5) is 12.3. The van der Waals surface area contributed by atoms with E-state index in [1.54, 1.807) is 0 Å². The summed E-state index contributed by atoms with van der Waals surface area (Å²) < 4.78 is 55.7. The number of rotatable bonds is 14. The Morgan fingerprint density at radius 1 is 0.652 bits per heavy atom. The highest BCUT2D eigenvalue weighted by Crippen LogP contribution is 2.40. The Morgan fingerprint density at radius 2 is 1.20 bits per heavy atom. The number of carbonyl (C=O) groups excluding carboxylic acids is 1. The van der Waals surface area contributed by atoms with Gasteiger partial charge in [-0.25, -0.2) is 0 Å². The Kier molecular flexibility index (Phi) is 10.8. The second-order valence-electron chi connectivity index (χ2n) is 12.1. The van der Waals surface area contributed by atoms with Gasteiger partial charge in [0.05, 0.1) is 33.0 Å². The third-order valence-corrected chi connectivity index (χ3v) is 8.05. The zero-order valence-corrected chi connectivity index (χ0v) is 26.4. The summed E-state index contributed by atoms with van der Waals surface area (Å²) in [7, 11) is 0. The molecule has 46 heavy (non-hydrogen) atoms. The predicted molar refractivity (Wildman–Crippen MR) is 165 cm³/mol. The second-order valence-corrected chi connectivity index (χ2v) is 12.1. The lowest BCUT2D eigenvalue weighted by Gasteiger charge is -2.28. The van der Waals surface area contributed by atoms with Crippen molar-refractivity contribution in [2.75, 3.05) is 13.2 Å². The van der Waals surface area contributed by atoms with Crippen LogP contribution < -0.4 is 0 Å². The standard InChI is InChI=1S/C36H42O10/c1-24(37)42-32-30(39-20-26-15-9-5-10-16-26)28(22-38-19-25-13-7-4-8-14-25)43-34(32)41-23-29-31(40-21-27-17-11-6-12-18-27)33-35(44-29)46-36(2,3)45-33/h4-18,28-35H,19-23H2,1-3H3/t28-,29-,30-,31-,32+,33+,34+,35+/m1/s1. The molecule has 0 spiro atoms. The van der Waals surface area contributed by atoms with Gasteiger partial charge >= 0.3 is 5.97 Å². The first-order valence-corrected chi connectivity index (χ1v) is 15.7. The molecule has 246 valence electrons. The van der Waals surface area contributed by atoms with E-state index in [4.69, 9.17) is 42.6 Å². The molecule has 0 bridgehead atoms. The SMILES string of the molecule is CC(=O)O[C@@H]1[C@@H](OC[C@H]2O[C@H]3OC(C)(C)O[C@H]3[C@@H]2OCc2ccccc2)O[C@H](COCc2ccccc2)[C@H]1OCc1ccccc1. The lowest BCUT2D eigenvalue weighted by atomic mass is 10.1. The average molecular weight is 635 g/mol. The van der Waals surface area contributed by atoms with Crippen molar-refractivity contribution in [3.63, 3.8) is 0 Å². The van der Waals surface area contributed by atoms with Crippen LogP contribution in [0.25, 0.3) is 0 Å². The molecule has 10 nitrogen and oxygen atoms in total. The monoisotopic (exact) mass is 634 g/mol. The van der Waals surface area contributed by atoms with Crippen molar-refractivity contribution in [1.29, 1.82) is 0 Å². The Bertz CT molecular complexity index is 1370. The van der Waals surface area contributed by atoms with Gasteiger partial charge in [0.2, 0.25) is 0 Å². The smallest absolute Gasteiger partial charge is 0.303 e. The second kappa shape index (κ2) is 15.1. The fourth-order valence-electron chi connectivity index (χ4n) is 5.95. The molecular formula is C36H42O10. The van der Waals surface area contributed by atoms with Crippen molar-refractivity contribution >= 4 is 5.97 Å². The van der Waals surface area contributed by atoms with Gasteiger partial charge in [-0.2, -0.15) is 0 Å². The van der Waals surface area contributed by atoms with E-state index < -0.39 is 61.0 Å². The van der Waals surface area contributed by atoms with E-state index in [9.17, 15) is 4.79 Å². The molecule has 8 atom stereocenters. The maximum atomic E-state index is 12.3. The number of esters is 1. The Balaban J connectivity index is 1.15. The fourth-order valence-corrected chi connectivity index (χ4v) is 5.95. The highest BCUT2D eigenvalue weighted by molar-refractivity contribution is 5.66. The summed E-state index contributed by atoms with van der Waals surface area (Å²) in [6.45, 7) is 6.38. The van der Waals surface area contributed by atoms with Crippen LogP contribution in [0, 0.1) is 0 Å². The Hall–Kier alpha value is -3.19. The fraction of sp³-hybridized carbons (Fsp3) is 0.472. The first kappa shape index (κ1) is 32.7. The molecule has 3 aromatic rings. The quantitative estimate of drug-likeness (QED) is 0.227. The summed E-state index contributed by atoms with van der Waals surface area (Å²) in [5.74, 6) is -1.28. The van der Waals surface area contributed by atoms with Gasteiger partial charge in [-0.15, -0.1) is 0 Å². The predicted octanol–water partition coefficient (Wildman–Crippen LogP) is 4.92. The molecule has 3 saturated heterocycles. The number of carbonyl (C=O) groups is 1. The average Bonchev–Trinajstić information content (AvgIpc) is 3.65. The molecule has 0 unspecified atom stereocenters. The zero-order chi connectivity index (χ0) is 31.9. The molecule has 0 saturated carbocycles. The van der Waals surface area contributed by atoms with Gasteiger partial charge in [0.25, 0.3) is 0 Å². The van der Waals surface area contributed by atoms with Crippen molar-refractivity contribution in [3.8, 4) is 0 Å². The molecule has 0 radical (unpaired) electrons. The normalized spacial score (nSPS) is 29.9.